The van der Waals surface area contributed by atoms with Crippen molar-refractivity contribution in [1.82, 2.24) is 0 Å². The summed E-state index contributed by atoms with van der Waals surface area (Å²) in [6.07, 6.45) is 0. The Labute approximate surface area is 104 Å². The van der Waals surface area contributed by atoms with Gasteiger partial charge in [0.25, 0.3) is 0 Å². The molecule has 86 valence electrons. The smallest absolute Gasteiger partial charge is 0.371 e. The van der Waals surface area contributed by atoms with Crippen LogP contribution in [0.5, 0.6) is 0 Å². The summed E-state index contributed by atoms with van der Waals surface area (Å²) in [6.45, 7) is 0. The Morgan fingerprint density at radius 2 is 1.76 bits per heavy atom. The number of furan rings is 1. The first-order valence-electron chi connectivity index (χ1n) is 4.66. The van der Waals surface area contributed by atoms with Crippen molar-refractivity contribution >= 4 is 18.4 Å². The van der Waals surface area contributed by atoms with Gasteiger partial charge in [0, 0.05) is 5.56 Å². The van der Waals surface area contributed by atoms with Gasteiger partial charge in [0.05, 0.1) is 0 Å². The zero-order valence-electron chi connectivity index (χ0n) is 8.71. The van der Waals surface area contributed by atoms with Gasteiger partial charge in [-0.15, -0.1) is 12.4 Å². The Bertz CT molecular complexity index is 561. The van der Waals surface area contributed by atoms with Crippen LogP contribution in [-0.4, -0.2) is 11.1 Å². The molecule has 0 aliphatic carbocycles. The molecule has 1 N–H and O–H groups in total. The molecule has 0 unspecified atom stereocenters. The first-order chi connectivity index (χ1) is 7.75. The highest BCUT2D eigenvalue weighted by molar-refractivity contribution is 5.85. The number of carbonyl (C=O) groups is 1. The average molecular weight is 249 g/mol. The number of halogens is 1. The lowest BCUT2D eigenvalue weighted by Crippen LogP contribution is -1.91. The molecule has 0 saturated heterocycles. The molecule has 4 heteroatoms. The second-order valence-corrected chi connectivity index (χ2v) is 3.09. The van der Waals surface area contributed by atoms with Crippen molar-refractivity contribution in [2.75, 3.05) is 0 Å². The average Bonchev–Trinajstić information content (AvgIpc) is 2.76. The molecule has 0 saturated carbocycles. The predicted octanol–water partition coefficient (Wildman–Crippen LogP) is 2.80. The lowest BCUT2D eigenvalue weighted by molar-refractivity contribution is 0.0662. The first kappa shape index (κ1) is 12.9. The molecule has 0 spiro atoms. The van der Waals surface area contributed by atoms with E-state index in [1.165, 1.54) is 6.07 Å². The van der Waals surface area contributed by atoms with E-state index in [2.05, 4.69) is 11.8 Å². The number of carboxylic acid groups (broad SMARTS) is 1. The predicted molar refractivity (Wildman–Crippen MR) is 65.3 cm³/mol. The zero-order chi connectivity index (χ0) is 11.4. The Morgan fingerprint density at radius 1 is 1.06 bits per heavy atom. The molecule has 0 radical (unpaired) electrons. The van der Waals surface area contributed by atoms with Crippen molar-refractivity contribution in [2.45, 2.75) is 0 Å². The molecule has 0 atom stereocenters. The van der Waals surface area contributed by atoms with Gasteiger partial charge >= 0.3 is 5.97 Å². The molecule has 0 fully saturated rings. The summed E-state index contributed by atoms with van der Waals surface area (Å²) in [6, 6.07) is 12.3. The summed E-state index contributed by atoms with van der Waals surface area (Å²) in [5, 5.41) is 8.64. The van der Waals surface area contributed by atoms with Gasteiger partial charge in [0.15, 0.2) is 5.76 Å². The molecule has 1 heterocycles. The highest BCUT2D eigenvalue weighted by Crippen LogP contribution is 2.06. The summed E-state index contributed by atoms with van der Waals surface area (Å²) in [5.74, 6) is 4.79. The number of benzene rings is 1. The number of aromatic carboxylic acids is 1. The molecule has 0 aliphatic heterocycles. The van der Waals surface area contributed by atoms with Crippen molar-refractivity contribution < 1.29 is 14.3 Å². The molecule has 1 aromatic heterocycles. The van der Waals surface area contributed by atoms with Crippen molar-refractivity contribution in [3.8, 4) is 11.8 Å². The van der Waals surface area contributed by atoms with Crippen LogP contribution in [0.15, 0.2) is 46.9 Å². The van der Waals surface area contributed by atoms with E-state index in [-0.39, 0.29) is 18.2 Å². The van der Waals surface area contributed by atoms with Gasteiger partial charge in [0.2, 0.25) is 5.76 Å². The van der Waals surface area contributed by atoms with E-state index in [1.807, 2.05) is 30.3 Å². The quantitative estimate of drug-likeness (QED) is 0.790. The fourth-order valence-corrected chi connectivity index (χ4v) is 1.18. The van der Waals surface area contributed by atoms with Crippen LogP contribution in [0, 0.1) is 11.8 Å². The van der Waals surface area contributed by atoms with Gasteiger partial charge in [-0.3, -0.25) is 0 Å². The molecular formula is C13H9ClO3. The highest BCUT2D eigenvalue weighted by atomic mass is 35.5. The molecule has 0 amide bonds. The SMILES string of the molecule is Cl.O=C(O)c1ccc(C#Cc2ccccc2)o1. The van der Waals surface area contributed by atoms with Crippen LogP contribution in [-0.2, 0) is 0 Å². The minimum Gasteiger partial charge on any atom is -0.475 e. The lowest BCUT2D eigenvalue weighted by atomic mass is 10.2. The molecular weight excluding hydrogens is 240 g/mol. The number of rotatable bonds is 1. The zero-order valence-corrected chi connectivity index (χ0v) is 9.53. The lowest BCUT2D eigenvalue weighted by Gasteiger charge is -1.86. The second kappa shape index (κ2) is 5.78. The van der Waals surface area contributed by atoms with Crippen molar-refractivity contribution in [3.63, 3.8) is 0 Å². The van der Waals surface area contributed by atoms with Crippen molar-refractivity contribution in [2.24, 2.45) is 0 Å². The topological polar surface area (TPSA) is 50.4 Å². The minimum absolute atomic E-state index is 0. The molecule has 2 rings (SSSR count). The maximum atomic E-state index is 10.5. The molecule has 1 aromatic carbocycles. The van der Waals surface area contributed by atoms with E-state index in [1.54, 1.807) is 6.07 Å². The first-order valence-corrected chi connectivity index (χ1v) is 4.66. The van der Waals surface area contributed by atoms with E-state index in [4.69, 9.17) is 9.52 Å². The van der Waals surface area contributed by atoms with E-state index in [9.17, 15) is 4.79 Å². The number of hydrogen-bond acceptors (Lipinski definition) is 2. The third-order valence-electron chi connectivity index (χ3n) is 1.92. The third kappa shape index (κ3) is 3.40. The Morgan fingerprint density at radius 3 is 2.35 bits per heavy atom. The summed E-state index contributed by atoms with van der Waals surface area (Å²) in [7, 11) is 0. The van der Waals surface area contributed by atoms with Gasteiger partial charge in [-0.05, 0) is 30.2 Å². The van der Waals surface area contributed by atoms with E-state index in [0.717, 1.165) is 5.56 Å². The van der Waals surface area contributed by atoms with Crippen LogP contribution in [0.1, 0.15) is 21.9 Å². The van der Waals surface area contributed by atoms with Gasteiger partial charge in [-0.2, -0.15) is 0 Å². The standard InChI is InChI=1S/C13H8O3.ClH/c14-13(15)12-9-8-11(16-12)7-6-10-4-2-1-3-5-10;/h1-5,8-9H,(H,14,15);1H. The van der Waals surface area contributed by atoms with Gasteiger partial charge < -0.3 is 9.52 Å². The maximum Gasteiger partial charge on any atom is 0.371 e. The van der Waals surface area contributed by atoms with Crippen LogP contribution in [0.25, 0.3) is 0 Å². The van der Waals surface area contributed by atoms with Crippen LogP contribution in [0.4, 0.5) is 0 Å². The van der Waals surface area contributed by atoms with Crippen molar-refractivity contribution in [1.29, 1.82) is 0 Å². The molecule has 3 nitrogen and oxygen atoms in total. The van der Waals surface area contributed by atoms with Crippen LogP contribution in [0.2, 0.25) is 0 Å². The van der Waals surface area contributed by atoms with Crippen LogP contribution in [0.3, 0.4) is 0 Å². The molecule has 17 heavy (non-hydrogen) atoms. The molecule has 0 aliphatic rings. The Balaban J connectivity index is 0.00000144. The number of carboxylic acids is 1. The van der Waals surface area contributed by atoms with E-state index >= 15 is 0 Å². The minimum atomic E-state index is -1.09. The van der Waals surface area contributed by atoms with Gasteiger partial charge in [0.1, 0.15) is 0 Å². The van der Waals surface area contributed by atoms with E-state index in [0.29, 0.717) is 5.76 Å². The van der Waals surface area contributed by atoms with Crippen molar-refractivity contribution in [3.05, 3.63) is 59.5 Å². The number of hydrogen-bond donors (Lipinski definition) is 1. The van der Waals surface area contributed by atoms with Gasteiger partial charge in [-0.1, -0.05) is 24.1 Å². The van der Waals surface area contributed by atoms with Crippen LogP contribution < -0.4 is 0 Å². The second-order valence-electron chi connectivity index (χ2n) is 3.09. The third-order valence-corrected chi connectivity index (χ3v) is 1.92. The molecule has 0 bridgehead atoms. The maximum absolute atomic E-state index is 10.5. The molecule has 2 aromatic rings. The largest absolute Gasteiger partial charge is 0.475 e. The highest BCUT2D eigenvalue weighted by Gasteiger charge is 2.06. The Kier molecular flexibility index (Phi) is 4.38. The van der Waals surface area contributed by atoms with Crippen LogP contribution >= 0.6 is 12.4 Å². The Hall–Kier alpha value is -2.18. The van der Waals surface area contributed by atoms with E-state index < -0.39 is 5.97 Å². The summed E-state index contributed by atoms with van der Waals surface area (Å²) in [4.78, 5) is 10.5. The normalized spacial score (nSPS) is 8.71. The monoisotopic (exact) mass is 248 g/mol. The summed E-state index contributed by atoms with van der Waals surface area (Å²) in [5.41, 5.74) is 0.857. The summed E-state index contributed by atoms with van der Waals surface area (Å²) >= 11 is 0. The van der Waals surface area contributed by atoms with Gasteiger partial charge in [-0.25, -0.2) is 4.79 Å². The summed E-state index contributed by atoms with van der Waals surface area (Å²) < 4.78 is 4.99. The fraction of sp³-hybridized carbons (Fsp3) is 0. The fourth-order valence-electron chi connectivity index (χ4n) is 1.18.